The van der Waals surface area contributed by atoms with E-state index in [1.54, 1.807) is 0 Å². The van der Waals surface area contributed by atoms with Crippen molar-refractivity contribution in [3.63, 3.8) is 0 Å². The largest absolute Gasteiger partial charge is 0.460 e. The summed E-state index contributed by atoms with van der Waals surface area (Å²) in [6.07, 6.45) is 5.04. The summed E-state index contributed by atoms with van der Waals surface area (Å²) < 4.78 is 11.3. The van der Waals surface area contributed by atoms with E-state index >= 15 is 0 Å². The van der Waals surface area contributed by atoms with Gasteiger partial charge in [0.1, 0.15) is 23.3 Å². The van der Waals surface area contributed by atoms with Crippen LogP contribution < -0.4 is 5.32 Å². The van der Waals surface area contributed by atoms with Gasteiger partial charge in [-0.3, -0.25) is 0 Å². The van der Waals surface area contributed by atoms with Crippen molar-refractivity contribution in [1.29, 1.82) is 0 Å². The van der Waals surface area contributed by atoms with Crippen LogP contribution in [0, 0.1) is 5.92 Å². The predicted octanol–water partition coefficient (Wildman–Crippen LogP) is 14.4. The second-order valence-corrected chi connectivity index (χ2v) is 17.7. The number of aromatic nitrogens is 1. The maximum atomic E-state index is 6.39. The van der Waals surface area contributed by atoms with Gasteiger partial charge in [-0.2, -0.15) is 0 Å². The third-order valence-corrected chi connectivity index (χ3v) is 14.0. The molecule has 6 heteroatoms. The van der Waals surface area contributed by atoms with Crippen LogP contribution in [0.4, 0.5) is 0 Å². The summed E-state index contributed by atoms with van der Waals surface area (Å²) in [5.41, 5.74) is 10.8. The van der Waals surface area contributed by atoms with Crippen LogP contribution in [0.15, 0.2) is 190 Å². The summed E-state index contributed by atoms with van der Waals surface area (Å²) in [7, 11) is 0. The molecule has 2 unspecified atom stereocenters. The summed E-state index contributed by atoms with van der Waals surface area (Å²) in [5.74, 6) is 2.96. The van der Waals surface area contributed by atoms with Crippen molar-refractivity contribution >= 4 is 92.8 Å². The molecule has 0 radical (unpaired) electrons. The average molecular weight is 815 g/mol. The van der Waals surface area contributed by atoms with Crippen LogP contribution in [-0.2, 0) is 6.42 Å². The monoisotopic (exact) mass is 814 g/mol. The molecule has 62 heavy (non-hydrogen) atoms. The van der Waals surface area contributed by atoms with Gasteiger partial charge >= 0.3 is 0 Å². The maximum Gasteiger partial charge on any atom is 0.160 e. The molecule has 4 heterocycles. The van der Waals surface area contributed by atoms with E-state index in [1.807, 2.05) is 11.3 Å². The van der Waals surface area contributed by atoms with Crippen LogP contribution in [0.3, 0.4) is 0 Å². The van der Waals surface area contributed by atoms with Gasteiger partial charge in [0.15, 0.2) is 5.84 Å². The molecule has 0 saturated carbocycles. The molecule has 0 spiro atoms. The standard InChI is InChI=1S/C56H38N4OS/c1-33-22-25-40-47-30-37(23-27-50(47)61-51(40)28-33)55-57-54(34-12-3-2-4-13-34)58-56(59-55)44-26-24-38(32-45(44)43-19-11-18-42-41-17-8-10-21-52(41)62-53(42)43)60-48-20-9-7-16-39(48)46-29-35-14-5-6-15-36(35)31-49(46)60/h2-27,29-33,54H,28H2,1H3,(H,57,58,59). The Morgan fingerprint density at radius 3 is 2.32 bits per heavy atom. The van der Waals surface area contributed by atoms with Crippen LogP contribution in [0.25, 0.3) is 86.6 Å². The Morgan fingerprint density at radius 2 is 1.42 bits per heavy atom. The second-order valence-electron chi connectivity index (χ2n) is 16.6. The van der Waals surface area contributed by atoms with Gasteiger partial charge in [0.05, 0.1) is 11.0 Å². The Balaban J connectivity index is 1.06. The van der Waals surface area contributed by atoms with Crippen LogP contribution in [-0.4, -0.2) is 16.2 Å². The first-order valence-electron chi connectivity index (χ1n) is 21.3. The first-order chi connectivity index (χ1) is 30.6. The van der Waals surface area contributed by atoms with Gasteiger partial charge in [0.2, 0.25) is 0 Å². The zero-order chi connectivity index (χ0) is 40.9. The highest BCUT2D eigenvalue weighted by atomic mass is 32.1. The summed E-state index contributed by atoms with van der Waals surface area (Å²) in [4.78, 5) is 10.9. The van der Waals surface area contributed by atoms with Gasteiger partial charge in [0, 0.05) is 70.7 Å². The van der Waals surface area contributed by atoms with Crippen LogP contribution >= 0.6 is 11.3 Å². The molecule has 2 aliphatic rings. The number of nitrogens with zero attached hydrogens (tertiary/aromatic N) is 3. The highest BCUT2D eigenvalue weighted by Crippen LogP contribution is 2.43. The lowest BCUT2D eigenvalue weighted by Crippen LogP contribution is -2.33. The molecule has 1 N–H and O–H groups in total. The van der Waals surface area contributed by atoms with Gasteiger partial charge in [0.25, 0.3) is 0 Å². The first kappa shape index (κ1) is 35.2. The van der Waals surface area contributed by atoms with Crippen molar-refractivity contribution < 1.29 is 4.42 Å². The summed E-state index contributed by atoms with van der Waals surface area (Å²) in [6.45, 7) is 2.23. The van der Waals surface area contributed by atoms with Crippen molar-refractivity contribution in [3.8, 4) is 16.8 Å². The highest BCUT2D eigenvalue weighted by molar-refractivity contribution is 7.26. The fourth-order valence-corrected chi connectivity index (χ4v) is 11.0. The molecule has 1 aliphatic carbocycles. The van der Waals surface area contributed by atoms with E-state index in [4.69, 9.17) is 14.4 Å². The lowest BCUT2D eigenvalue weighted by Gasteiger charge is -2.25. The zero-order valence-corrected chi connectivity index (χ0v) is 34.7. The first-order valence-corrected chi connectivity index (χ1v) is 22.1. The van der Waals surface area contributed by atoms with Gasteiger partial charge in [-0.15, -0.1) is 11.3 Å². The Bertz CT molecular complexity index is 3730. The van der Waals surface area contributed by atoms with E-state index < -0.39 is 0 Å². The van der Waals surface area contributed by atoms with Crippen LogP contribution in [0.5, 0.6) is 0 Å². The third kappa shape index (κ3) is 5.53. The minimum Gasteiger partial charge on any atom is -0.460 e. The molecule has 3 aromatic heterocycles. The molecule has 8 aromatic carbocycles. The van der Waals surface area contributed by atoms with Crippen LogP contribution in [0.1, 0.15) is 41.1 Å². The van der Waals surface area contributed by atoms with Crippen molar-refractivity contribution in [1.82, 2.24) is 9.88 Å². The molecule has 0 fully saturated rings. The second kappa shape index (κ2) is 13.7. The number of para-hydroxylation sites is 1. The molecule has 0 saturated heterocycles. The summed E-state index contributed by atoms with van der Waals surface area (Å²) in [5, 5.41) is 12.3. The van der Waals surface area contributed by atoms with E-state index in [0.29, 0.717) is 11.8 Å². The number of thiophene rings is 1. The van der Waals surface area contributed by atoms with Gasteiger partial charge in [-0.1, -0.05) is 128 Å². The molecule has 11 aromatic rings. The van der Waals surface area contributed by atoms with E-state index in [2.05, 4.69) is 199 Å². The number of fused-ring (bicyclic) bond motifs is 10. The maximum absolute atomic E-state index is 6.39. The topological polar surface area (TPSA) is 54.8 Å². The van der Waals surface area contributed by atoms with E-state index in [-0.39, 0.29) is 6.17 Å². The van der Waals surface area contributed by atoms with E-state index in [0.717, 1.165) is 68.1 Å². The summed E-state index contributed by atoms with van der Waals surface area (Å²) >= 11 is 1.85. The fraction of sp³-hybridized carbons (Fsp3) is 0.0714. The number of benzene rings is 8. The number of hydrogen-bond donors (Lipinski definition) is 1. The predicted molar refractivity (Wildman–Crippen MR) is 260 cm³/mol. The number of hydrogen-bond acceptors (Lipinski definition) is 5. The van der Waals surface area contributed by atoms with Gasteiger partial charge in [-0.25, -0.2) is 9.98 Å². The number of rotatable bonds is 5. The molecule has 2 atom stereocenters. The number of furan rings is 1. The minimum absolute atomic E-state index is 0.355. The number of amidine groups is 2. The Morgan fingerprint density at radius 1 is 0.629 bits per heavy atom. The minimum atomic E-state index is -0.355. The summed E-state index contributed by atoms with van der Waals surface area (Å²) in [6, 6.07) is 61.3. The van der Waals surface area contributed by atoms with Gasteiger partial charge < -0.3 is 14.3 Å². The lowest BCUT2D eigenvalue weighted by molar-refractivity contribution is 0.513. The number of nitrogens with one attached hydrogen (secondary N) is 1. The molecular weight excluding hydrogens is 777 g/mol. The molecule has 0 amide bonds. The zero-order valence-electron chi connectivity index (χ0n) is 33.8. The lowest BCUT2D eigenvalue weighted by atomic mass is 9.94. The van der Waals surface area contributed by atoms with Gasteiger partial charge in [-0.05, 0) is 88.5 Å². The Hall–Kier alpha value is -7.54. The molecule has 0 bridgehead atoms. The van der Waals surface area contributed by atoms with Crippen molar-refractivity contribution in [2.24, 2.45) is 15.9 Å². The molecule has 5 nitrogen and oxygen atoms in total. The van der Waals surface area contributed by atoms with Crippen LogP contribution in [0.2, 0.25) is 0 Å². The van der Waals surface area contributed by atoms with E-state index in [1.165, 1.54) is 52.8 Å². The SMILES string of the molecule is CC1C=Cc2c(oc3ccc(C4=NC(c5ccc(-n6c7ccccc7c7cc8ccccc8cc76)cc5-c5cccc6c5sc5ccccc56)=NC(c5ccccc5)N4)cc23)C1. The molecule has 13 rings (SSSR count). The Kier molecular flexibility index (Phi) is 7.81. The molecule has 294 valence electrons. The number of allylic oxidation sites excluding steroid dienone is 1. The quantitative estimate of drug-likeness (QED) is 0.188. The normalized spacial score (nSPS) is 16.3. The van der Waals surface area contributed by atoms with Crippen molar-refractivity contribution in [2.45, 2.75) is 19.5 Å². The number of aliphatic imine (C=N–C) groups is 2. The third-order valence-electron chi connectivity index (χ3n) is 12.8. The van der Waals surface area contributed by atoms with E-state index in [9.17, 15) is 0 Å². The fourth-order valence-electron chi connectivity index (χ4n) is 9.77. The highest BCUT2D eigenvalue weighted by Gasteiger charge is 2.26. The van der Waals surface area contributed by atoms with Crippen molar-refractivity contribution in [2.75, 3.05) is 0 Å². The smallest absolute Gasteiger partial charge is 0.160 e. The average Bonchev–Trinajstić information content (AvgIpc) is 3.99. The Labute approximate surface area is 361 Å². The molecule has 1 aliphatic heterocycles. The molecular formula is C56H38N4OS. The van der Waals surface area contributed by atoms with Crippen molar-refractivity contribution in [3.05, 3.63) is 204 Å².